The van der Waals surface area contributed by atoms with Crippen molar-refractivity contribution in [3.05, 3.63) is 0 Å². The molecule has 0 radical (unpaired) electrons. The van der Waals surface area contributed by atoms with E-state index in [2.05, 4.69) is 4.90 Å². The first-order valence-corrected chi connectivity index (χ1v) is 7.03. The first-order chi connectivity index (χ1) is 7.85. The molecule has 0 unspecified atom stereocenters. The molecule has 0 aromatic carbocycles. The molecular weight excluding hydrogens is 198 g/mol. The van der Waals surface area contributed by atoms with Crippen LogP contribution in [0.1, 0.15) is 57.8 Å². The zero-order valence-electron chi connectivity index (χ0n) is 10.4. The average molecular weight is 223 g/mol. The van der Waals surface area contributed by atoms with Crippen molar-refractivity contribution in [2.75, 3.05) is 19.6 Å². The fourth-order valence-electron chi connectivity index (χ4n) is 3.31. The zero-order chi connectivity index (χ0) is 11.3. The van der Waals surface area contributed by atoms with Gasteiger partial charge in [-0.1, -0.05) is 32.1 Å². The summed E-state index contributed by atoms with van der Waals surface area (Å²) in [7, 11) is 0. The van der Waals surface area contributed by atoms with Gasteiger partial charge < -0.3 is 9.69 Å². The van der Waals surface area contributed by atoms with Crippen molar-refractivity contribution in [2.45, 2.75) is 57.8 Å². The highest BCUT2D eigenvalue weighted by Crippen LogP contribution is 2.35. The van der Waals surface area contributed by atoms with Gasteiger partial charge >= 0.3 is 0 Å². The van der Waals surface area contributed by atoms with Crippen LogP contribution in [0, 0.1) is 5.41 Å². The molecule has 1 aliphatic carbocycles. The standard InChI is InChI=1S/C14H25NO/c16-13-14(8-4-3-5-9-14)12-15-10-6-1-2-7-11-15/h13H,1-12H2. The van der Waals surface area contributed by atoms with E-state index in [-0.39, 0.29) is 5.41 Å². The monoisotopic (exact) mass is 223 g/mol. The van der Waals surface area contributed by atoms with Crippen molar-refractivity contribution < 1.29 is 4.79 Å². The summed E-state index contributed by atoms with van der Waals surface area (Å²) in [5.41, 5.74) is 0.0165. The summed E-state index contributed by atoms with van der Waals surface area (Å²) in [4.78, 5) is 14.0. The largest absolute Gasteiger partial charge is 0.303 e. The second-order valence-electron chi connectivity index (χ2n) is 5.73. The molecular formula is C14H25NO. The fraction of sp³-hybridized carbons (Fsp3) is 0.929. The van der Waals surface area contributed by atoms with Gasteiger partial charge in [0, 0.05) is 12.0 Å². The molecule has 2 fully saturated rings. The molecule has 2 heteroatoms. The second-order valence-corrected chi connectivity index (χ2v) is 5.73. The third-order valence-electron chi connectivity index (χ3n) is 4.34. The number of rotatable bonds is 3. The molecule has 0 atom stereocenters. The van der Waals surface area contributed by atoms with Crippen molar-refractivity contribution in [2.24, 2.45) is 5.41 Å². The molecule has 92 valence electrons. The van der Waals surface area contributed by atoms with Crippen LogP contribution in [-0.4, -0.2) is 30.8 Å². The molecule has 1 saturated carbocycles. The van der Waals surface area contributed by atoms with Crippen LogP contribution in [0.2, 0.25) is 0 Å². The Morgan fingerprint density at radius 1 is 0.875 bits per heavy atom. The van der Waals surface area contributed by atoms with Crippen LogP contribution < -0.4 is 0 Å². The van der Waals surface area contributed by atoms with E-state index in [1.165, 1.54) is 64.3 Å². The highest BCUT2D eigenvalue weighted by molar-refractivity contribution is 5.60. The molecule has 16 heavy (non-hydrogen) atoms. The molecule has 1 heterocycles. The van der Waals surface area contributed by atoms with Gasteiger partial charge in [-0.05, 0) is 38.8 Å². The van der Waals surface area contributed by atoms with Crippen LogP contribution in [0.25, 0.3) is 0 Å². The van der Waals surface area contributed by atoms with Crippen LogP contribution in [0.15, 0.2) is 0 Å². The minimum absolute atomic E-state index is 0.0165. The summed E-state index contributed by atoms with van der Waals surface area (Å²) in [6.07, 6.45) is 12.8. The molecule has 2 nitrogen and oxygen atoms in total. The van der Waals surface area contributed by atoms with Crippen LogP contribution in [0.3, 0.4) is 0 Å². The van der Waals surface area contributed by atoms with Crippen LogP contribution in [0.5, 0.6) is 0 Å². The predicted molar refractivity (Wildman–Crippen MR) is 66.5 cm³/mol. The summed E-state index contributed by atoms with van der Waals surface area (Å²) in [5, 5.41) is 0. The van der Waals surface area contributed by atoms with Crippen LogP contribution >= 0.6 is 0 Å². The van der Waals surface area contributed by atoms with Gasteiger partial charge in [-0.3, -0.25) is 0 Å². The fourth-order valence-corrected chi connectivity index (χ4v) is 3.31. The first kappa shape index (κ1) is 12.1. The Kier molecular flexibility index (Phi) is 4.39. The number of likely N-dealkylation sites (tertiary alicyclic amines) is 1. The van der Waals surface area contributed by atoms with E-state index in [4.69, 9.17) is 0 Å². The maximum Gasteiger partial charge on any atom is 0.127 e. The molecule has 1 saturated heterocycles. The van der Waals surface area contributed by atoms with Crippen LogP contribution in [-0.2, 0) is 4.79 Å². The number of hydrogen-bond acceptors (Lipinski definition) is 2. The molecule has 0 bridgehead atoms. The van der Waals surface area contributed by atoms with Gasteiger partial charge in [-0.25, -0.2) is 0 Å². The lowest BCUT2D eigenvalue weighted by molar-refractivity contribution is -0.119. The Hall–Kier alpha value is -0.370. The Labute approximate surface area is 99.4 Å². The Balaban J connectivity index is 1.91. The minimum Gasteiger partial charge on any atom is -0.303 e. The summed E-state index contributed by atoms with van der Waals surface area (Å²) in [5.74, 6) is 0. The van der Waals surface area contributed by atoms with E-state index < -0.39 is 0 Å². The Bertz CT molecular complexity index is 213. The first-order valence-electron chi connectivity index (χ1n) is 7.03. The predicted octanol–water partition coefficient (Wildman–Crippen LogP) is 3.01. The Morgan fingerprint density at radius 2 is 1.44 bits per heavy atom. The lowest BCUT2D eigenvalue weighted by Crippen LogP contribution is -2.40. The van der Waals surface area contributed by atoms with Gasteiger partial charge in [0.15, 0.2) is 0 Å². The van der Waals surface area contributed by atoms with E-state index in [0.717, 1.165) is 19.4 Å². The van der Waals surface area contributed by atoms with Gasteiger partial charge in [0.25, 0.3) is 0 Å². The second kappa shape index (κ2) is 5.81. The third-order valence-corrected chi connectivity index (χ3v) is 4.34. The number of nitrogens with zero attached hydrogens (tertiary/aromatic N) is 1. The quantitative estimate of drug-likeness (QED) is 0.685. The van der Waals surface area contributed by atoms with Gasteiger partial charge in [-0.2, -0.15) is 0 Å². The third kappa shape index (κ3) is 3.07. The average Bonchev–Trinajstić information content (AvgIpc) is 2.59. The van der Waals surface area contributed by atoms with Crippen molar-refractivity contribution in [1.82, 2.24) is 4.90 Å². The SMILES string of the molecule is O=CC1(CN2CCCCCC2)CCCCC1. The van der Waals surface area contributed by atoms with Gasteiger partial charge in [-0.15, -0.1) is 0 Å². The summed E-state index contributed by atoms with van der Waals surface area (Å²) in [6.45, 7) is 3.47. The number of carbonyl (C=O) groups excluding carboxylic acids is 1. The Morgan fingerprint density at radius 3 is 2.00 bits per heavy atom. The molecule has 2 aliphatic rings. The van der Waals surface area contributed by atoms with E-state index >= 15 is 0 Å². The van der Waals surface area contributed by atoms with Gasteiger partial charge in [0.1, 0.15) is 6.29 Å². The highest BCUT2D eigenvalue weighted by Gasteiger charge is 2.33. The van der Waals surface area contributed by atoms with Crippen molar-refractivity contribution in [3.63, 3.8) is 0 Å². The van der Waals surface area contributed by atoms with Gasteiger partial charge in [0.05, 0.1) is 0 Å². The molecule has 0 aromatic rings. The molecule has 0 N–H and O–H groups in total. The minimum atomic E-state index is 0.0165. The molecule has 2 rings (SSSR count). The summed E-state index contributed by atoms with van der Waals surface area (Å²) < 4.78 is 0. The van der Waals surface area contributed by atoms with E-state index in [0.29, 0.717) is 0 Å². The van der Waals surface area contributed by atoms with Crippen LogP contribution in [0.4, 0.5) is 0 Å². The topological polar surface area (TPSA) is 20.3 Å². The van der Waals surface area contributed by atoms with Crippen molar-refractivity contribution in [3.8, 4) is 0 Å². The zero-order valence-corrected chi connectivity index (χ0v) is 10.4. The maximum atomic E-state index is 11.4. The molecule has 0 aromatic heterocycles. The van der Waals surface area contributed by atoms with Crippen molar-refractivity contribution in [1.29, 1.82) is 0 Å². The maximum absolute atomic E-state index is 11.4. The number of hydrogen-bond donors (Lipinski definition) is 0. The van der Waals surface area contributed by atoms with E-state index in [1.807, 2.05) is 0 Å². The van der Waals surface area contributed by atoms with Gasteiger partial charge in [0.2, 0.25) is 0 Å². The number of aldehydes is 1. The summed E-state index contributed by atoms with van der Waals surface area (Å²) in [6, 6.07) is 0. The van der Waals surface area contributed by atoms with E-state index in [9.17, 15) is 4.79 Å². The van der Waals surface area contributed by atoms with Crippen molar-refractivity contribution >= 4 is 6.29 Å². The lowest BCUT2D eigenvalue weighted by atomic mass is 9.75. The number of carbonyl (C=O) groups is 1. The molecule has 0 spiro atoms. The molecule has 1 aliphatic heterocycles. The smallest absolute Gasteiger partial charge is 0.127 e. The highest BCUT2D eigenvalue weighted by atomic mass is 16.1. The lowest BCUT2D eigenvalue weighted by Gasteiger charge is -2.36. The molecule has 0 amide bonds. The van der Waals surface area contributed by atoms with E-state index in [1.54, 1.807) is 0 Å². The normalized spacial score (nSPS) is 27.2. The summed E-state index contributed by atoms with van der Waals surface area (Å²) >= 11 is 0.